The second-order valence-electron chi connectivity index (χ2n) is 8.60. The van der Waals surface area contributed by atoms with E-state index < -0.39 is 9.84 Å². The van der Waals surface area contributed by atoms with Crippen LogP contribution in [0.3, 0.4) is 0 Å². The zero-order valence-electron chi connectivity index (χ0n) is 17.4. The van der Waals surface area contributed by atoms with Gasteiger partial charge in [-0.15, -0.1) is 0 Å². The van der Waals surface area contributed by atoms with E-state index in [2.05, 4.69) is 0 Å². The van der Waals surface area contributed by atoms with E-state index in [9.17, 15) is 18.8 Å². The summed E-state index contributed by atoms with van der Waals surface area (Å²) >= 11 is 0. The predicted molar refractivity (Wildman–Crippen MR) is 109 cm³/mol. The lowest BCUT2D eigenvalue weighted by Crippen LogP contribution is -2.17. The van der Waals surface area contributed by atoms with E-state index in [1.54, 1.807) is 25.1 Å². The van der Waals surface area contributed by atoms with Gasteiger partial charge in [0, 0.05) is 17.7 Å². The molecule has 5 nitrogen and oxygen atoms in total. The van der Waals surface area contributed by atoms with Crippen LogP contribution in [0.2, 0.25) is 0 Å². The lowest BCUT2D eigenvalue weighted by atomic mass is 9.78. The van der Waals surface area contributed by atoms with Crippen molar-refractivity contribution in [1.82, 2.24) is 0 Å². The monoisotopic (exact) mass is 393 g/mol. The van der Waals surface area contributed by atoms with Crippen LogP contribution in [0.1, 0.15) is 65.2 Å². The van der Waals surface area contributed by atoms with Gasteiger partial charge in [-0.2, -0.15) is 5.26 Å². The molecule has 0 bridgehead atoms. The number of ether oxygens (including phenoxy) is 1. The number of benzene rings is 1. The standard InChI is InChI=1S/C21H31NO4S/c1-8-26-9-10-27(24,25)16(14-22)11-15-12-17(20(2,3)4)19(23)18(13-15)21(5,6)7/h11-13,23H,8-10H2,1-7H3. The predicted octanol–water partition coefficient (Wildman–Crippen LogP) is 4.30. The number of hydrogen-bond donors (Lipinski definition) is 1. The first-order valence-corrected chi connectivity index (χ1v) is 10.7. The van der Waals surface area contributed by atoms with Crippen LogP contribution in [0, 0.1) is 11.3 Å². The van der Waals surface area contributed by atoms with Crippen LogP contribution in [0.25, 0.3) is 6.08 Å². The Labute approximate surface area is 163 Å². The van der Waals surface area contributed by atoms with Crippen molar-refractivity contribution in [2.75, 3.05) is 19.0 Å². The molecule has 0 heterocycles. The topological polar surface area (TPSA) is 87.4 Å². The third-order valence-corrected chi connectivity index (χ3v) is 5.78. The molecule has 0 atom stereocenters. The van der Waals surface area contributed by atoms with Crippen LogP contribution >= 0.6 is 0 Å². The summed E-state index contributed by atoms with van der Waals surface area (Å²) in [5, 5.41) is 20.2. The fourth-order valence-corrected chi connectivity index (χ4v) is 3.66. The SMILES string of the molecule is CCOCCS(=O)(=O)C(C#N)=Cc1cc(C(C)(C)C)c(O)c(C(C)(C)C)c1. The maximum Gasteiger partial charge on any atom is 0.190 e. The largest absolute Gasteiger partial charge is 0.507 e. The van der Waals surface area contributed by atoms with E-state index in [-0.39, 0.29) is 33.8 Å². The average Bonchev–Trinajstić information content (AvgIpc) is 2.51. The van der Waals surface area contributed by atoms with Crippen LogP contribution in [-0.2, 0) is 25.4 Å². The van der Waals surface area contributed by atoms with E-state index in [0.29, 0.717) is 23.3 Å². The smallest absolute Gasteiger partial charge is 0.190 e. The van der Waals surface area contributed by atoms with Gasteiger partial charge >= 0.3 is 0 Å². The molecule has 0 fully saturated rings. The fraction of sp³-hybridized carbons (Fsp3) is 0.571. The summed E-state index contributed by atoms with van der Waals surface area (Å²) in [7, 11) is -3.74. The van der Waals surface area contributed by atoms with Crippen LogP contribution < -0.4 is 0 Å². The van der Waals surface area contributed by atoms with Gasteiger partial charge in [-0.1, -0.05) is 41.5 Å². The summed E-state index contributed by atoms with van der Waals surface area (Å²) in [5.74, 6) is -0.0267. The number of phenols is 1. The minimum atomic E-state index is -3.74. The Morgan fingerprint density at radius 1 is 1.15 bits per heavy atom. The first-order valence-electron chi connectivity index (χ1n) is 9.04. The van der Waals surface area contributed by atoms with Gasteiger partial charge in [-0.25, -0.2) is 8.42 Å². The highest BCUT2D eigenvalue weighted by Crippen LogP contribution is 2.40. The van der Waals surface area contributed by atoms with Gasteiger partial charge in [0.1, 0.15) is 16.7 Å². The summed E-state index contributed by atoms with van der Waals surface area (Å²) in [6, 6.07) is 5.30. The van der Waals surface area contributed by atoms with Crippen LogP contribution in [-0.4, -0.2) is 32.5 Å². The van der Waals surface area contributed by atoms with Gasteiger partial charge in [-0.05, 0) is 41.5 Å². The molecule has 150 valence electrons. The number of hydrogen-bond acceptors (Lipinski definition) is 5. The van der Waals surface area contributed by atoms with Crippen LogP contribution in [0.15, 0.2) is 17.0 Å². The second kappa shape index (κ2) is 8.45. The minimum Gasteiger partial charge on any atom is -0.507 e. The van der Waals surface area contributed by atoms with Crippen molar-refractivity contribution in [2.45, 2.75) is 59.3 Å². The van der Waals surface area contributed by atoms with Gasteiger partial charge in [0.15, 0.2) is 9.84 Å². The van der Waals surface area contributed by atoms with Crippen molar-refractivity contribution in [2.24, 2.45) is 0 Å². The molecular formula is C21H31NO4S. The zero-order valence-corrected chi connectivity index (χ0v) is 18.2. The zero-order chi connectivity index (χ0) is 21.0. The highest BCUT2D eigenvalue weighted by atomic mass is 32.2. The molecule has 6 heteroatoms. The van der Waals surface area contributed by atoms with Gasteiger partial charge in [0.25, 0.3) is 0 Å². The maximum absolute atomic E-state index is 12.5. The fourth-order valence-electron chi connectivity index (χ4n) is 2.65. The summed E-state index contributed by atoms with van der Waals surface area (Å²) < 4.78 is 30.0. The number of nitriles is 1. The molecule has 0 aliphatic heterocycles. The number of aromatic hydroxyl groups is 1. The number of sulfone groups is 1. The first kappa shape index (κ1) is 23.2. The van der Waals surface area contributed by atoms with Crippen LogP contribution in [0.5, 0.6) is 5.75 Å². The van der Waals surface area contributed by atoms with E-state index in [1.165, 1.54) is 6.08 Å². The third kappa shape index (κ3) is 6.08. The normalized spacial score (nSPS) is 13.5. The molecule has 1 aromatic rings. The maximum atomic E-state index is 12.5. The molecule has 0 saturated carbocycles. The van der Waals surface area contributed by atoms with Crippen molar-refractivity contribution < 1.29 is 18.3 Å². The van der Waals surface area contributed by atoms with Gasteiger partial charge in [0.2, 0.25) is 0 Å². The van der Waals surface area contributed by atoms with Gasteiger partial charge in [-0.3, -0.25) is 0 Å². The average molecular weight is 394 g/mol. The van der Waals surface area contributed by atoms with Crippen molar-refractivity contribution in [1.29, 1.82) is 5.26 Å². The Hall–Kier alpha value is -1.84. The molecule has 0 unspecified atom stereocenters. The minimum absolute atomic E-state index is 0.0495. The molecule has 0 spiro atoms. The van der Waals surface area contributed by atoms with Gasteiger partial charge in [0.05, 0.1) is 12.4 Å². The molecule has 1 aromatic carbocycles. The van der Waals surface area contributed by atoms with E-state index in [4.69, 9.17) is 4.74 Å². The molecule has 27 heavy (non-hydrogen) atoms. The molecule has 0 aliphatic carbocycles. The Morgan fingerprint density at radius 2 is 1.63 bits per heavy atom. The molecular weight excluding hydrogens is 362 g/mol. The van der Waals surface area contributed by atoms with E-state index in [0.717, 1.165) is 0 Å². The molecule has 1 rings (SSSR count). The van der Waals surface area contributed by atoms with Crippen molar-refractivity contribution in [3.05, 3.63) is 33.7 Å². The van der Waals surface area contributed by atoms with Crippen LogP contribution in [0.4, 0.5) is 0 Å². The Balaban J connectivity index is 3.57. The second-order valence-corrected chi connectivity index (χ2v) is 10.7. The molecule has 0 amide bonds. The molecule has 0 radical (unpaired) electrons. The van der Waals surface area contributed by atoms with E-state index >= 15 is 0 Å². The molecule has 0 aliphatic rings. The summed E-state index contributed by atoms with van der Waals surface area (Å²) in [6.07, 6.45) is 1.38. The quantitative estimate of drug-likeness (QED) is 0.575. The molecule has 1 N–H and O–H groups in total. The number of rotatable bonds is 6. The summed E-state index contributed by atoms with van der Waals surface area (Å²) in [4.78, 5) is -0.299. The first-order chi connectivity index (χ1) is 12.2. The lowest BCUT2D eigenvalue weighted by Gasteiger charge is -2.28. The molecule has 0 aromatic heterocycles. The number of phenolic OH excluding ortho intramolecular Hbond substituents is 1. The Morgan fingerprint density at radius 3 is 2.00 bits per heavy atom. The van der Waals surface area contributed by atoms with Crippen molar-refractivity contribution in [3.8, 4) is 11.8 Å². The summed E-state index contributed by atoms with van der Waals surface area (Å²) in [5.41, 5.74) is 1.33. The van der Waals surface area contributed by atoms with Crippen molar-refractivity contribution >= 4 is 15.9 Å². The van der Waals surface area contributed by atoms with E-state index in [1.807, 2.05) is 41.5 Å². The Kier molecular flexibility index (Phi) is 7.26. The number of allylic oxidation sites excluding steroid dienone is 1. The molecule has 0 saturated heterocycles. The Bertz CT molecular complexity index is 813. The van der Waals surface area contributed by atoms with Gasteiger partial charge < -0.3 is 9.84 Å². The summed E-state index contributed by atoms with van der Waals surface area (Å²) in [6.45, 7) is 14.1. The third-order valence-electron chi connectivity index (χ3n) is 4.19. The number of nitrogens with zero attached hydrogens (tertiary/aromatic N) is 1. The highest BCUT2D eigenvalue weighted by Gasteiger charge is 2.27. The van der Waals surface area contributed by atoms with Crippen molar-refractivity contribution in [3.63, 3.8) is 0 Å². The lowest BCUT2D eigenvalue weighted by molar-refractivity contribution is 0.163. The highest BCUT2D eigenvalue weighted by molar-refractivity contribution is 7.95.